The summed E-state index contributed by atoms with van der Waals surface area (Å²) in [6.45, 7) is 7.97. The van der Waals surface area contributed by atoms with Crippen LogP contribution in [0.4, 0.5) is 0 Å². The van der Waals surface area contributed by atoms with Crippen LogP contribution in [0.15, 0.2) is 30.9 Å². The van der Waals surface area contributed by atoms with Crippen molar-refractivity contribution in [2.75, 3.05) is 26.2 Å². The lowest BCUT2D eigenvalue weighted by Crippen LogP contribution is -2.42. The van der Waals surface area contributed by atoms with Crippen molar-refractivity contribution in [2.24, 2.45) is 5.92 Å². The van der Waals surface area contributed by atoms with Gasteiger partial charge in [-0.1, -0.05) is 18.2 Å². The second kappa shape index (κ2) is 8.45. The Morgan fingerprint density at radius 2 is 2.12 bits per heavy atom. The molecule has 6 heteroatoms. The van der Waals surface area contributed by atoms with Gasteiger partial charge < -0.3 is 14.7 Å². The number of nitrogens with zero attached hydrogens (tertiary/aromatic N) is 4. The van der Waals surface area contributed by atoms with Crippen LogP contribution in [0.1, 0.15) is 24.0 Å². The number of benzene rings is 1. The van der Waals surface area contributed by atoms with Gasteiger partial charge in [0.15, 0.2) is 0 Å². The second-order valence-electron chi connectivity index (χ2n) is 7.07. The van der Waals surface area contributed by atoms with Crippen LogP contribution in [-0.4, -0.2) is 57.1 Å². The maximum Gasteiger partial charge on any atom is 0.137 e. The minimum Gasteiger partial charge on any atom is -0.490 e. The summed E-state index contributed by atoms with van der Waals surface area (Å²) < 4.78 is 7.78. The smallest absolute Gasteiger partial charge is 0.137 e. The molecule has 0 saturated carbocycles. The number of aliphatic hydroxyl groups excluding tert-OH is 1. The van der Waals surface area contributed by atoms with Gasteiger partial charge in [-0.2, -0.15) is 5.10 Å². The molecule has 0 spiro atoms. The number of hydrogen-bond acceptors (Lipinski definition) is 5. The third-order valence-corrected chi connectivity index (χ3v) is 4.81. The van der Waals surface area contributed by atoms with Crippen LogP contribution in [-0.2, 0) is 6.54 Å². The van der Waals surface area contributed by atoms with Gasteiger partial charge in [0.25, 0.3) is 0 Å². The normalized spacial score (nSPS) is 19.7. The van der Waals surface area contributed by atoms with Crippen LogP contribution < -0.4 is 4.74 Å². The van der Waals surface area contributed by atoms with Gasteiger partial charge in [0, 0.05) is 19.6 Å². The molecule has 2 aromatic rings. The van der Waals surface area contributed by atoms with Crippen LogP contribution >= 0.6 is 0 Å². The number of ether oxygens (including phenoxy) is 1. The minimum atomic E-state index is -0.482. The van der Waals surface area contributed by atoms with E-state index in [1.165, 1.54) is 6.42 Å². The largest absolute Gasteiger partial charge is 0.490 e. The molecule has 136 valence electrons. The van der Waals surface area contributed by atoms with Crippen molar-refractivity contribution in [2.45, 2.75) is 39.3 Å². The van der Waals surface area contributed by atoms with Crippen LogP contribution in [0.25, 0.3) is 0 Å². The topological polar surface area (TPSA) is 63.4 Å². The van der Waals surface area contributed by atoms with Crippen molar-refractivity contribution in [3.8, 4) is 5.75 Å². The lowest BCUT2D eigenvalue weighted by Gasteiger charge is -2.33. The molecule has 1 aliphatic rings. The third-order valence-electron chi connectivity index (χ3n) is 4.81. The lowest BCUT2D eigenvalue weighted by atomic mass is 9.98. The Morgan fingerprint density at radius 1 is 1.32 bits per heavy atom. The quantitative estimate of drug-likeness (QED) is 0.833. The molecular formula is C19H28N4O2. The average Bonchev–Trinajstić information content (AvgIpc) is 3.07. The van der Waals surface area contributed by atoms with E-state index in [4.69, 9.17) is 4.74 Å². The molecule has 1 fully saturated rings. The van der Waals surface area contributed by atoms with E-state index < -0.39 is 6.10 Å². The molecule has 0 aliphatic carbocycles. The van der Waals surface area contributed by atoms with Crippen molar-refractivity contribution in [1.82, 2.24) is 19.7 Å². The Morgan fingerprint density at radius 3 is 2.84 bits per heavy atom. The number of likely N-dealkylation sites (tertiary alicyclic amines) is 1. The molecule has 6 nitrogen and oxygen atoms in total. The summed E-state index contributed by atoms with van der Waals surface area (Å²) in [6, 6.07) is 6.10. The van der Waals surface area contributed by atoms with Crippen LogP contribution in [0, 0.1) is 19.8 Å². The number of aliphatic hydroxyl groups is 1. The molecule has 1 aromatic heterocycles. The molecule has 0 amide bonds. The molecule has 25 heavy (non-hydrogen) atoms. The highest BCUT2D eigenvalue weighted by Gasteiger charge is 2.22. The molecule has 2 atom stereocenters. The van der Waals surface area contributed by atoms with E-state index in [0.717, 1.165) is 42.9 Å². The molecule has 1 aromatic carbocycles. The van der Waals surface area contributed by atoms with Crippen molar-refractivity contribution < 1.29 is 9.84 Å². The number of aromatic nitrogens is 3. The van der Waals surface area contributed by atoms with E-state index in [1.54, 1.807) is 12.7 Å². The predicted molar refractivity (Wildman–Crippen MR) is 96.6 cm³/mol. The summed E-state index contributed by atoms with van der Waals surface area (Å²) in [7, 11) is 0. The average molecular weight is 344 g/mol. The molecule has 1 saturated heterocycles. The Balaban J connectivity index is 1.46. The highest BCUT2D eigenvalue weighted by atomic mass is 16.5. The van der Waals surface area contributed by atoms with Gasteiger partial charge in [-0.05, 0) is 50.3 Å². The van der Waals surface area contributed by atoms with Gasteiger partial charge >= 0.3 is 0 Å². The number of aryl methyl sites for hydroxylation is 2. The van der Waals surface area contributed by atoms with Crippen LogP contribution in [0.2, 0.25) is 0 Å². The number of β-amino-alcohol motifs (C(OH)–C–C–N with tert-alkyl or cyclic N) is 1. The van der Waals surface area contributed by atoms with Crippen molar-refractivity contribution in [3.05, 3.63) is 42.0 Å². The fraction of sp³-hybridized carbons (Fsp3) is 0.579. The number of rotatable bonds is 7. The zero-order valence-corrected chi connectivity index (χ0v) is 15.1. The summed E-state index contributed by atoms with van der Waals surface area (Å²) in [4.78, 5) is 6.34. The Bertz CT molecular complexity index is 639. The van der Waals surface area contributed by atoms with Gasteiger partial charge in [0.1, 0.15) is 31.1 Å². The first-order chi connectivity index (χ1) is 12.1. The van der Waals surface area contributed by atoms with Crippen molar-refractivity contribution in [3.63, 3.8) is 0 Å². The fourth-order valence-corrected chi connectivity index (χ4v) is 3.61. The molecule has 2 heterocycles. The molecule has 0 radical (unpaired) electrons. The number of para-hydroxylation sites is 1. The monoisotopic (exact) mass is 344 g/mol. The van der Waals surface area contributed by atoms with Crippen LogP contribution in [0.3, 0.4) is 0 Å². The van der Waals surface area contributed by atoms with Gasteiger partial charge in [-0.3, -0.25) is 4.68 Å². The Kier molecular flexibility index (Phi) is 6.04. The molecular weight excluding hydrogens is 316 g/mol. The van der Waals surface area contributed by atoms with Gasteiger partial charge in [0.2, 0.25) is 0 Å². The zero-order valence-electron chi connectivity index (χ0n) is 15.1. The number of hydrogen-bond donors (Lipinski definition) is 1. The molecule has 1 aliphatic heterocycles. The maximum atomic E-state index is 10.4. The first-order valence-electron chi connectivity index (χ1n) is 9.03. The SMILES string of the molecule is Cc1cccc(C)c1OC[C@H](O)CN1CCC[C@@H](Cn2cncn2)C1. The van der Waals surface area contributed by atoms with E-state index in [0.29, 0.717) is 19.1 Å². The summed E-state index contributed by atoms with van der Waals surface area (Å²) in [5.74, 6) is 1.45. The van der Waals surface area contributed by atoms with Gasteiger partial charge in [-0.25, -0.2) is 4.98 Å². The van der Waals surface area contributed by atoms with E-state index in [1.807, 2.05) is 36.7 Å². The molecule has 3 rings (SSSR count). The summed E-state index contributed by atoms with van der Waals surface area (Å²) in [5.41, 5.74) is 2.22. The van der Waals surface area contributed by atoms with E-state index in [2.05, 4.69) is 15.0 Å². The third kappa shape index (κ3) is 5.03. The van der Waals surface area contributed by atoms with Crippen LogP contribution in [0.5, 0.6) is 5.75 Å². The highest BCUT2D eigenvalue weighted by molar-refractivity contribution is 5.39. The Hall–Kier alpha value is -1.92. The van der Waals surface area contributed by atoms with E-state index in [-0.39, 0.29) is 0 Å². The van der Waals surface area contributed by atoms with Crippen molar-refractivity contribution in [1.29, 1.82) is 0 Å². The van der Waals surface area contributed by atoms with E-state index in [9.17, 15) is 5.11 Å². The standard InChI is InChI=1S/C19H28N4O2/c1-15-5-3-6-16(2)19(15)25-12-18(24)11-22-8-4-7-17(9-22)10-23-14-20-13-21-23/h3,5-6,13-14,17-18,24H,4,7-12H2,1-2H3/t17-,18-/m1/s1. The maximum absolute atomic E-state index is 10.4. The highest BCUT2D eigenvalue weighted by Crippen LogP contribution is 2.23. The fourth-order valence-electron chi connectivity index (χ4n) is 3.61. The summed E-state index contributed by atoms with van der Waals surface area (Å²) in [5, 5.41) is 14.6. The lowest BCUT2D eigenvalue weighted by molar-refractivity contribution is 0.0491. The van der Waals surface area contributed by atoms with Gasteiger partial charge in [0.05, 0.1) is 0 Å². The second-order valence-corrected chi connectivity index (χ2v) is 7.07. The molecule has 0 bridgehead atoms. The predicted octanol–water partition coefficient (Wildman–Crippen LogP) is 2.05. The summed E-state index contributed by atoms with van der Waals surface area (Å²) >= 11 is 0. The van der Waals surface area contributed by atoms with Gasteiger partial charge in [-0.15, -0.1) is 0 Å². The Labute approximate surface area is 149 Å². The van der Waals surface area contributed by atoms with Crippen molar-refractivity contribution >= 4 is 0 Å². The zero-order chi connectivity index (χ0) is 17.6. The first-order valence-corrected chi connectivity index (χ1v) is 9.03. The first kappa shape index (κ1) is 17.9. The molecule has 0 unspecified atom stereocenters. The van der Waals surface area contributed by atoms with E-state index >= 15 is 0 Å². The minimum absolute atomic E-state index is 0.329. The summed E-state index contributed by atoms with van der Waals surface area (Å²) in [6.07, 6.45) is 5.22. The number of piperidine rings is 1. The molecule has 1 N–H and O–H groups in total.